The minimum atomic E-state index is -2.66. The highest BCUT2D eigenvalue weighted by Crippen LogP contribution is 2.31. The fourth-order valence-electron chi connectivity index (χ4n) is 2.29. The van der Waals surface area contributed by atoms with Crippen molar-refractivity contribution >= 4 is 17.0 Å². The number of hydrogen-bond donors (Lipinski definition) is 0. The van der Waals surface area contributed by atoms with Gasteiger partial charge in [-0.2, -0.15) is 0 Å². The summed E-state index contributed by atoms with van der Waals surface area (Å²) in [7, 11) is 0. The smallest absolute Gasteiger partial charge is 0.266 e. The first-order valence-electron chi connectivity index (χ1n) is 6.28. The minimum absolute atomic E-state index is 0.151. The van der Waals surface area contributed by atoms with Crippen molar-refractivity contribution in [3.63, 3.8) is 0 Å². The average Bonchev–Trinajstić information content (AvgIpc) is 2.94. The van der Waals surface area contributed by atoms with Gasteiger partial charge in [-0.25, -0.2) is 23.4 Å². The number of halogens is 2. The molecule has 3 heterocycles. The van der Waals surface area contributed by atoms with Crippen molar-refractivity contribution in [1.29, 1.82) is 0 Å². The normalized spacial score (nSPS) is 18.4. The number of fused-ring (bicyclic) bond motifs is 1. The number of rotatable bonds is 3. The summed E-state index contributed by atoms with van der Waals surface area (Å²) in [6.45, 7) is 2.68. The molecule has 0 unspecified atom stereocenters. The van der Waals surface area contributed by atoms with Crippen LogP contribution in [0.4, 0.5) is 14.6 Å². The zero-order valence-corrected chi connectivity index (χ0v) is 10.6. The molecule has 3 rings (SSSR count). The average molecular weight is 268 g/mol. The lowest BCUT2D eigenvalue weighted by Crippen LogP contribution is -2.25. The van der Waals surface area contributed by atoms with Crippen LogP contribution in [0.1, 0.15) is 19.8 Å². The zero-order chi connectivity index (χ0) is 13.5. The molecule has 1 aliphatic rings. The Kier molecular flexibility index (Phi) is 2.79. The third-order valence-electron chi connectivity index (χ3n) is 3.19. The van der Waals surface area contributed by atoms with Crippen LogP contribution >= 0.6 is 0 Å². The first-order valence-corrected chi connectivity index (χ1v) is 6.28. The lowest BCUT2D eigenvalue weighted by molar-refractivity contribution is 0.0257. The maximum atomic E-state index is 13.3. The maximum Gasteiger partial charge on any atom is 0.266 e. The van der Waals surface area contributed by atoms with Gasteiger partial charge in [-0.3, -0.25) is 0 Å². The number of anilines is 1. The van der Waals surface area contributed by atoms with Crippen LogP contribution in [0.3, 0.4) is 0 Å². The molecule has 0 spiro atoms. The molecule has 1 aliphatic heterocycles. The topological polar surface area (TPSA) is 59.7 Å². The van der Waals surface area contributed by atoms with E-state index in [0.29, 0.717) is 23.5 Å². The van der Waals surface area contributed by atoms with E-state index < -0.39 is 5.92 Å². The molecule has 8 heteroatoms. The highest BCUT2D eigenvalue weighted by molar-refractivity contribution is 5.82. The van der Waals surface area contributed by atoms with E-state index in [9.17, 15) is 8.78 Å². The van der Waals surface area contributed by atoms with E-state index in [2.05, 4.69) is 20.3 Å². The second-order valence-electron chi connectivity index (χ2n) is 4.71. The van der Waals surface area contributed by atoms with Gasteiger partial charge >= 0.3 is 0 Å². The van der Waals surface area contributed by atoms with Crippen molar-refractivity contribution in [2.75, 3.05) is 18.0 Å². The van der Waals surface area contributed by atoms with Crippen LogP contribution in [0.5, 0.6) is 0 Å². The van der Waals surface area contributed by atoms with Gasteiger partial charge in [-0.05, 0) is 6.42 Å². The SMILES string of the molecule is CCCn1nnc2c(N3CCC(F)(F)C3)ncnc21. The molecule has 19 heavy (non-hydrogen) atoms. The lowest BCUT2D eigenvalue weighted by Gasteiger charge is -2.16. The predicted molar refractivity (Wildman–Crippen MR) is 65.2 cm³/mol. The summed E-state index contributed by atoms with van der Waals surface area (Å²) in [5, 5.41) is 8.03. The van der Waals surface area contributed by atoms with Crippen molar-refractivity contribution in [2.45, 2.75) is 32.2 Å². The quantitative estimate of drug-likeness (QED) is 0.843. The second kappa shape index (κ2) is 4.36. The Hall–Kier alpha value is -1.86. The predicted octanol–water partition coefficient (Wildman–Crippen LogP) is 1.48. The van der Waals surface area contributed by atoms with Crippen LogP contribution in [0.2, 0.25) is 0 Å². The van der Waals surface area contributed by atoms with E-state index in [1.807, 2.05) is 6.92 Å². The van der Waals surface area contributed by atoms with Gasteiger partial charge in [0.05, 0.1) is 6.54 Å². The third-order valence-corrected chi connectivity index (χ3v) is 3.19. The first kappa shape index (κ1) is 12.2. The van der Waals surface area contributed by atoms with Crippen molar-refractivity contribution < 1.29 is 8.78 Å². The Morgan fingerprint density at radius 1 is 1.37 bits per heavy atom. The summed E-state index contributed by atoms with van der Waals surface area (Å²) in [6, 6.07) is 0. The Morgan fingerprint density at radius 2 is 2.21 bits per heavy atom. The minimum Gasteiger partial charge on any atom is -0.348 e. The number of aryl methyl sites for hydroxylation is 1. The molecule has 0 atom stereocenters. The molecule has 0 saturated carbocycles. The molecule has 6 nitrogen and oxygen atoms in total. The van der Waals surface area contributed by atoms with Gasteiger partial charge in [0.1, 0.15) is 6.33 Å². The van der Waals surface area contributed by atoms with Crippen LogP contribution in [-0.2, 0) is 6.54 Å². The maximum absolute atomic E-state index is 13.3. The molecule has 0 N–H and O–H groups in total. The van der Waals surface area contributed by atoms with E-state index in [-0.39, 0.29) is 19.5 Å². The molecule has 0 aliphatic carbocycles. The fourth-order valence-corrected chi connectivity index (χ4v) is 2.29. The molecule has 2 aromatic heterocycles. The summed E-state index contributed by atoms with van der Waals surface area (Å²) >= 11 is 0. The Bertz CT molecular complexity index is 596. The van der Waals surface area contributed by atoms with Crippen molar-refractivity contribution in [3.8, 4) is 0 Å². The molecule has 1 fully saturated rings. The standard InChI is InChI=1S/C11H14F2N6/c1-2-4-19-10-8(16-17-19)9(14-7-15-10)18-5-3-11(12,13)6-18/h7H,2-6H2,1H3. The molecule has 0 bridgehead atoms. The van der Waals surface area contributed by atoms with Gasteiger partial charge in [0, 0.05) is 19.5 Å². The van der Waals surface area contributed by atoms with E-state index in [1.165, 1.54) is 6.33 Å². The Labute approximate surface area is 108 Å². The van der Waals surface area contributed by atoms with E-state index >= 15 is 0 Å². The molecular weight excluding hydrogens is 254 g/mol. The highest BCUT2D eigenvalue weighted by atomic mass is 19.3. The lowest BCUT2D eigenvalue weighted by atomic mass is 10.3. The summed E-state index contributed by atoms with van der Waals surface area (Å²) in [6.07, 6.45) is 2.13. The van der Waals surface area contributed by atoms with E-state index in [0.717, 1.165) is 6.42 Å². The van der Waals surface area contributed by atoms with E-state index in [4.69, 9.17) is 0 Å². The van der Waals surface area contributed by atoms with Gasteiger partial charge in [-0.15, -0.1) is 5.10 Å². The van der Waals surface area contributed by atoms with Gasteiger partial charge in [-0.1, -0.05) is 12.1 Å². The molecule has 0 amide bonds. The number of alkyl halides is 2. The number of nitrogens with zero attached hydrogens (tertiary/aromatic N) is 6. The first-order chi connectivity index (χ1) is 9.11. The van der Waals surface area contributed by atoms with Crippen molar-refractivity contribution in [2.24, 2.45) is 0 Å². The molecule has 1 saturated heterocycles. The zero-order valence-electron chi connectivity index (χ0n) is 10.6. The summed E-state index contributed by atoms with van der Waals surface area (Å²) in [4.78, 5) is 9.78. The number of aromatic nitrogens is 5. The van der Waals surface area contributed by atoms with Gasteiger partial charge < -0.3 is 4.90 Å². The van der Waals surface area contributed by atoms with Gasteiger partial charge in [0.25, 0.3) is 5.92 Å². The highest BCUT2D eigenvalue weighted by Gasteiger charge is 2.39. The third kappa shape index (κ3) is 2.11. The molecule has 102 valence electrons. The van der Waals surface area contributed by atoms with Gasteiger partial charge in [0.2, 0.25) is 0 Å². The Balaban J connectivity index is 2.00. The molecule has 0 radical (unpaired) electrons. The summed E-state index contributed by atoms with van der Waals surface area (Å²) in [5.74, 6) is -2.21. The van der Waals surface area contributed by atoms with Crippen molar-refractivity contribution in [3.05, 3.63) is 6.33 Å². The monoisotopic (exact) mass is 268 g/mol. The van der Waals surface area contributed by atoms with Crippen LogP contribution < -0.4 is 4.90 Å². The summed E-state index contributed by atoms with van der Waals surface area (Å²) in [5.41, 5.74) is 1.09. The van der Waals surface area contributed by atoms with Gasteiger partial charge in [0.15, 0.2) is 17.0 Å². The summed E-state index contributed by atoms with van der Waals surface area (Å²) < 4.78 is 28.2. The van der Waals surface area contributed by atoms with Crippen LogP contribution in [0.25, 0.3) is 11.2 Å². The van der Waals surface area contributed by atoms with Crippen LogP contribution in [0, 0.1) is 0 Å². The van der Waals surface area contributed by atoms with E-state index in [1.54, 1.807) is 9.58 Å². The molecule has 0 aromatic carbocycles. The second-order valence-corrected chi connectivity index (χ2v) is 4.71. The Morgan fingerprint density at radius 3 is 2.89 bits per heavy atom. The van der Waals surface area contributed by atoms with Crippen LogP contribution in [-0.4, -0.2) is 44.0 Å². The molecule has 2 aromatic rings. The number of hydrogen-bond acceptors (Lipinski definition) is 5. The van der Waals surface area contributed by atoms with Crippen molar-refractivity contribution in [1.82, 2.24) is 25.0 Å². The molecular formula is C11H14F2N6. The van der Waals surface area contributed by atoms with Crippen LogP contribution in [0.15, 0.2) is 6.33 Å². The largest absolute Gasteiger partial charge is 0.348 e. The fraction of sp³-hybridized carbons (Fsp3) is 0.636.